The van der Waals surface area contributed by atoms with E-state index in [-0.39, 0.29) is 35.9 Å². The molecule has 0 radical (unpaired) electrons. The van der Waals surface area contributed by atoms with E-state index in [0.717, 1.165) is 17.7 Å². The smallest absolute Gasteiger partial charge is 0.426 e. The fraction of sp³-hybridized carbons (Fsp3) is 0.517. The zero-order valence-electron chi connectivity index (χ0n) is 21.9. The van der Waals surface area contributed by atoms with Crippen molar-refractivity contribution in [2.75, 3.05) is 26.2 Å². The van der Waals surface area contributed by atoms with Gasteiger partial charge in [0, 0.05) is 49.0 Å². The highest BCUT2D eigenvalue weighted by atomic mass is 19.4. The number of alkyl halides is 4. The van der Waals surface area contributed by atoms with Crippen LogP contribution in [0.2, 0.25) is 0 Å². The molecule has 39 heavy (non-hydrogen) atoms. The zero-order valence-corrected chi connectivity index (χ0v) is 21.9. The molecule has 2 amide bonds. The van der Waals surface area contributed by atoms with Crippen LogP contribution in [0, 0.1) is 11.7 Å². The monoisotopic (exact) mass is 550 g/mol. The molecular weight excluding hydrogens is 519 g/mol. The van der Waals surface area contributed by atoms with Gasteiger partial charge in [0.2, 0.25) is 17.5 Å². The number of likely N-dealkylation sites (tertiary alicyclic amines) is 2. The van der Waals surface area contributed by atoms with Crippen LogP contribution in [0.1, 0.15) is 49.8 Å². The first-order valence-corrected chi connectivity index (χ1v) is 13.2. The Morgan fingerprint density at radius 1 is 1.03 bits per heavy atom. The minimum Gasteiger partial charge on any atom is -0.491 e. The highest BCUT2D eigenvalue weighted by molar-refractivity contribution is 5.81. The predicted octanol–water partition coefficient (Wildman–Crippen LogP) is 5.31. The van der Waals surface area contributed by atoms with E-state index in [0.29, 0.717) is 57.8 Å². The molecule has 0 N–H and O–H groups in total. The Labute approximate surface area is 223 Å². The summed E-state index contributed by atoms with van der Waals surface area (Å²) in [6.45, 7) is 3.48. The fourth-order valence-corrected chi connectivity index (χ4v) is 6.39. The Balaban J connectivity index is 1.49. The summed E-state index contributed by atoms with van der Waals surface area (Å²) < 4.78 is 74.7. The van der Waals surface area contributed by atoms with E-state index in [2.05, 4.69) is 0 Å². The molecule has 0 bridgehead atoms. The van der Waals surface area contributed by atoms with E-state index in [4.69, 9.17) is 4.74 Å². The van der Waals surface area contributed by atoms with Crippen molar-refractivity contribution in [2.24, 2.45) is 5.92 Å². The van der Waals surface area contributed by atoms with Gasteiger partial charge in [0.05, 0.1) is 6.04 Å². The fourth-order valence-electron chi connectivity index (χ4n) is 6.39. The molecule has 0 spiro atoms. The molecule has 5 nitrogen and oxygen atoms in total. The van der Waals surface area contributed by atoms with Crippen molar-refractivity contribution in [3.63, 3.8) is 0 Å². The van der Waals surface area contributed by atoms with Crippen molar-refractivity contribution < 1.29 is 36.3 Å². The number of hydrogen-bond acceptors (Lipinski definition) is 3. The van der Waals surface area contributed by atoms with E-state index in [1.54, 1.807) is 17.0 Å². The number of rotatable bonds is 4. The maximum absolute atomic E-state index is 14.8. The summed E-state index contributed by atoms with van der Waals surface area (Å²) in [7, 11) is 0. The van der Waals surface area contributed by atoms with Crippen LogP contribution in [0.15, 0.2) is 42.5 Å². The van der Waals surface area contributed by atoms with Gasteiger partial charge in [-0.3, -0.25) is 9.59 Å². The van der Waals surface area contributed by atoms with Gasteiger partial charge in [-0.1, -0.05) is 24.3 Å². The zero-order chi connectivity index (χ0) is 28.2. The summed E-state index contributed by atoms with van der Waals surface area (Å²) in [6, 6.07) is 9.37. The third-order valence-corrected chi connectivity index (χ3v) is 8.81. The summed E-state index contributed by atoms with van der Waals surface area (Å²) in [5.74, 6) is -0.513. The molecule has 2 aromatic rings. The molecule has 5 rings (SSSR count). The second-order valence-electron chi connectivity index (χ2n) is 11.1. The number of nitrogens with zero attached hydrogens (tertiary/aromatic N) is 2. The van der Waals surface area contributed by atoms with Crippen LogP contribution in [0.4, 0.5) is 22.0 Å². The van der Waals surface area contributed by atoms with Crippen LogP contribution in [-0.4, -0.2) is 60.1 Å². The largest absolute Gasteiger partial charge is 0.491 e. The molecule has 2 aromatic carbocycles. The predicted molar refractivity (Wildman–Crippen MR) is 133 cm³/mol. The molecule has 0 aromatic heterocycles. The third-order valence-electron chi connectivity index (χ3n) is 8.81. The Bertz CT molecular complexity index is 1250. The molecule has 210 valence electrons. The van der Waals surface area contributed by atoms with Crippen LogP contribution in [0.3, 0.4) is 0 Å². The number of fused-ring (bicyclic) bond motifs is 3. The van der Waals surface area contributed by atoms with Crippen LogP contribution in [0.25, 0.3) is 0 Å². The normalized spacial score (nSPS) is 24.9. The van der Waals surface area contributed by atoms with E-state index < -0.39 is 28.9 Å². The van der Waals surface area contributed by atoms with Gasteiger partial charge in [-0.25, -0.2) is 8.78 Å². The number of carbonyl (C=O) groups is 2. The van der Waals surface area contributed by atoms with Crippen molar-refractivity contribution in [2.45, 2.75) is 62.8 Å². The van der Waals surface area contributed by atoms with Gasteiger partial charge >= 0.3 is 6.18 Å². The van der Waals surface area contributed by atoms with Crippen molar-refractivity contribution in [3.8, 4) is 5.75 Å². The first-order chi connectivity index (χ1) is 18.3. The lowest BCUT2D eigenvalue weighted by Crippen LogP contribution is -2.54. The van der Waals surface area contributed by atoms with Crippen molar-refractivity contribution >= 4 is 11.8 Å². The second kappa shape index (κ2) is 9.78. The molecule has 0 aliphatic carbocycles. The van der Waals surface area contributed by atoms with Crippen molar-refractivity contribution in [1.82, 2.24) is 9.80 Å². The standard InChI is InChI=1S/C29H31F5N2O3/c1-18(37)35-12-9-20(10-13-35)26(38)36-14-11-28(16-19-3-6-22(30)7-4-19)23-8-5-21(27(2,31)29(32,33)34)15-24(23)39-17-25(28)36/h3-8,15,20,25H,9-14,16-17H2,1-2H3. The average Bonchev–Trinajstić information content (AvgIpc) is 3.28. The topological polar surface area (TPSA) is 49.9 Å². The number of benzene rings is 2. The first-order valence-electron chi connectivity index (χ1n) is 13.2. The number of halogens is 5. The maximum Gasteiger partial charge on any atom is 0.426 e. The van der Waals surface area contributed by atoms with Gasteiger partial charge in [-0.2, -0.15) is 13.2 Å². The lowest BCUT2D eigenvalue weighted by Gasteiger charge is -2.44. The summed E-state index contributed by atoms with van der Waals surface area (Å²) in [5.41, 5.74) is -3.38. The number of carbonyl (C=O) groups excluding carboxylic acids is 2. The highest BCUT2D eigenvalue weighted by Crippen LogP contribution is 2.52. The SMILES string of the molecule is CC(=O)N1CCC(C(=O)N2CCC3(Cc4ccc(F)cc4)c4ccc(C(C)(F)C(F)(F)F)cc4OCC23)CC1. The number of piperidine rings is 1. The van der Waals surface area contributed by atoms with E-state index >= 15 is 0 Å². The van der Waals surface area contributed by atoms with Gasteiger partial charge in [0.25, 0.3) is 0 Å². The Hall–Kier alpha value is -3.17. The van der Waals surface area contributed by atoms with Gasteiger partial charge in [-0.05, 0) is 56.4 Å². The average molecular weight is 551 g/mol. The minimum atomic E-state index is -5.10. The molecule has 2 saturated heterocycles. The maximum atomic E-state index is 14.8. The molecule has 3 heterocycles. The quantitative estimate of drug-likeness (QED) is 0.486. The number of amides is 2. The molecular formula is C29H31F5N2O3. The Morgan fingerprint density at radius 3 is 2.31 bits per heavy atom. The molecule has 3 aliphatic rings. The van der Waals surface area contributed by atoms with Crippen molar-refractivity contribution in [1.29, 1.82) is 0 Å². The number of ether oxygens (including phenoxy) is 1. The lowest BCUT2D eigenvalue weighted by atomic mass is 9.68. The van der Waals surface area contributed by atoms with E-state index in [9.17, 15) is 31.5 Å². The Morgan fingerprint density at radius 2 is 1.69 bits per heavy atom. The summed E-state index contributed by atoms with van der Waals surface area (Å²) >= 11 is 0. The summed E-state index contributed by atoms with van der Waals surface area (Å²) in [5, 5.41) is 0. The van der Waals surface area contributed by atoms with Gasteiger partial charge in [0.15, 0.2) is 0 Å². The van der Waals surface area contributed by atoms with Crippen LogP contribution < -0.4 is 4.74 Å². The minimum absolute atomic E-state index is 0.0213. The van der Waals surface area contributed by atoms with Crippen LogP contribution >= 0.6 is 0 Å². The first kappa shape index (κ1) is 27.4. The summed E-state index contributed by atoms with van der Waals surface area (Å²) in [4.78, 5) is 29.0. The van der Waals surface area contributed by atoms with Gasteiger partial charge in [0.1, 0.15) is 18.2 Å². The highest BCUT2D eigenvalue weighted by Gasteiger charge is 2.56. The third kappa shape index (κ3) is 4.76. The molecule has 3 atom stereocenters. The molecule has 3 unspecified atom stereocenters. The molecule has 2 fully saturated rings. The molecule has 10 heteroatoms. The van der Waals surface area contributed by atoms with E-state index in [1.165, 1.54) is 25.1 Å². The second-order valence-corrected chi connectivity index (χ2v) is 11.1. The summed E-state index contributed by atoms with van der Waals surface area (Å²) in [6.07, 6.45) is -3.06. The van der Waals surface area contributed by atoms with Gasteiger partial charge in [-0.15, -0.1) is 0 Å². The van der Waals surface area contributed by atoms with E-state index in [1.807, 2.05) is 4.90 Å². The Kier molecular flexibility index (Phi) is 6.87. The van der Waals surface area contributed by atoms with Crippen molar-refractivity contribution in [3.05, 3.63) is 65.0 Å². The van der Waals surface area contributed by atoms with Crippen LogP contribution in [0.5, 0.6) is 5.75 Å². The lowest BCUT2D eigenvalue weighted by molar-refractivity contribution is -0.228. The molecule has 0 saturated carbocycles. The molecule has 3 aliphatic heterocycles. The van der Waals surface area contributed by atoms with Crippen LogP contribution in [-0.2, 0) is 27.1 Å². The van der Waals surface area contributed by atoms with Gasteiger partial charge < -0.3 is 14.5 Å². The number of hydrogen-bond donors (Lipinski definition) is 0.